The van der Waals surface area contributed by atoms with Crippen molar-refractivity contribution in [2.75, 3.05) is 11.9 Å². The van der Waals surface area contributed by atoms with E-state index in [1.807, 2.05) is 69.3 Å². The molecule has 168 valence electrons. The number of amides is 1. The number of benzene rings is 3. The number of carbonyl (C=O) groups excluding carboxylic acids is 1. The second-order valence-electron chi connectivity index (χ2n) is 7.50. The van der Waals surface area contributed by atoms with Crippen LogP contribution in [0.3, 0.4) is 0 Å². The summed E-state index contributed by atoms with van der Waals surface area (Å²) in [7, 11) is 0. The van der Waals surface area contributed by atoms with E-state index in [9.17, 15) is 10.1 Å². The third-order valence-corrected chi connectivity index (χ3v) is 5.61. The molecule has 0 fully saturated rings. The van der Waals surface area contributed by atoms with Crippen molar-refractivity contribution in [3.63, 3.8) is 0 Å². The summed E-state index contributed by atoms with van der Waals surface area (Å²) in [4.78, 5) is 12.7. The SMILES string of the molecule is CCOc1cc(/C=C(\C#N)C(=O)Nc2cc(C)ccc2C)ccc1OCc1ccc(I)cc1. The van der Waals surface area contributed by atoms with Crippen LogP contribution in [0.15, 0.2) is 66.2 Å². The molecule has 0 unspecified atom stereocenters. The Kier molecular flexibility index (Phi) is 8.50. The number of hydrogen-bond donors (Lipinski definition) is 1. The lowest BCUT2D eigenvalue weighted by Crippen LogP contribution is -2.14. The zero-order valence-corrected chi connectivity index (χ0v) is 21.0. The van der Waals surface area contributed by atoms with Crippen LogP contribution in [0.1, 0.15) is 29.2 Å². The summed E-state index contributed by atoms with van der Waals surface area (Å²) in [5.41, 5.74) is 4.38. The van der Waals surface area contributed by atoms with Gasteiger partial charge in [-0.15, -0.1) is 0 Å². The normalized spacial score (nSPS) is 10.9. The maximum absolute atomic E-state index is 12.7. The van der Waals surface area contributed by atoms with Crippen molar-refractivity contribution in [3.05, 3.63) is 92.1 Å². The molecule has 0 heterocycles. The van der Waals surface area contributed by atoms with E-state index in [-0.39, 0.29) is 5.57 Å². The van der Waals surface area contributed by atoms with E-state index in [4.69, 9.17) is 9.47 Å². The molecule has 0 saturated carbocycles. The van der Waals surface area contributed by atoms with E-state index < -0.39 is 5.91 Å². The molecule has 5 nitrogen and oxygen atoms in total. The van der Waals surface area contributed by atoms with Crippen molar-refractivity contribution < 1.29 is 14.3 Å². The fourth-order valence-electron chi connectivity index (χ4n) is 3.12. The Morgan fingerprint density at radius 1 is 1.03 bits per heavy atom. The summed E-state index contributed by atoms with van der Waals surface area (Å²) >= 11 is 2.26. The van der Waals surface area contributed by atoms with Crippen LogP contribution in [-0.4, -0.2) is 12.5 Å². The van der Waals surface area contributed by atoms with Gasteiger partial charge < -0.3 is 14.8 Å². The molecule has 0 saturated heterocycles. The molecule has 0 aliphatic rings. The van der Waals surface area contributed by atoms with Crippen LogP contribution in [0.5, 0.6) is 11.5 Å². The summed E-state index contributed by atoms with van der Waals surface area (Å²) < 4.78 is 12.9. The number of nitrogens with one attached hydrogen (secondary N) is 1. The van der Waals surface area contributed by atoms with Crippen LogP contribution in [0.4, 0.5) is 5.69 Å². The Bertz CT molecular complexity index is 1210. The third-order valence-electron chi connectivity index (χ3n) is 4.89. The predicted octanol–water partition coefficient (Wildman–Crippen LogP) is 6.43. The Hall–Kier alpha value is -3.31. The van der Waals surface area contributed by atoms with Crippen molar-refractivity contribution in [2.24, 2.45) is 0 Å². The first-order valence-corrected chi connectivity index (χ1v) is 11.6. The zero-order chi connectivity index (χ0) is 23.8. The number of halogens is 1. The number of nitriles is 1. The van der Waals surface area contributed by atoms with Gasteiger partial charge in [0.15, 0.2) is 11.5 Å². The molecule has 1 N–H and O–H groups in total. The second-order valence-corrected chi connectivity index (χ2v) is 8.74. The molecule has 6 heteroatoms. The summed E-state index contributed by atoms with van der Waals surface area (Å²) in [6.07, 6.45) is 1.55. The molecular formula is C27H25IN2O3. The van der Waals surface area contributed by atoms with Gasteiger partial charge in [-0.25, -0.2) is 0 Å². The predicted molar refractivity (Wildman–Crippen MR) is 139 cm³/mol. The number of nitrogens with zero attached hydrogens (tertiary/aromatic N) is 1. The molecule has 3 aromatic rings. The van der Waals surface area contributed by atoms with E-state index in [1.165, 1.54) is 0 Å². The number of anilines is 1. The molecule has 3 rings (SSSR count). The number of hydrogen-bond acceptors (Lipinski definition) is 4. The van der Waals surface area contributed by atoms with E-state index in [2.05, 4.69) is 27.9 Å². The molecule has 1 amide bonds. The standard InChI is InChI=1S/C27H25IN2O3/c1-4-32-26-15-21(9-12-25(26)33-17-20-7-10-23(28)11-8-20)14-22(16-29)27(31)30-24-13-18(2)5-6-19(24)3/h5-15H,4,17H2,1-3H3,(H,30,31)/b22-14+. The summed E-state index contributed by atoms with van der Waals surface area (Å²) in [5.74, 6) is 0.707. The average molecular weight is 552 g/mol. The monoisotopic (exact) mass is 552 g/mol. The van der Waals surface area contributed by atoms with Gasteiger partial charge in [0.2, 0.25) is 0 Å². The maximum atomic E-state index is 12.7. The Morgan fingerprint density at radius 3 is 2.48 bits per heavy atom. The molecule has 0 aromatic heterocycles. The molecular weight excluding hydrogens is 527 g/mol. The van der Waals surface area contributed by atoms with Gasteiger partial charge in [0, 0.05) is 9.26 Å². The van der Waals surface area contributed by atoms with Crippen LogP contribution >= 0.6 is 22.6 Å². The van der Waals surface area contributed by atoms with E-state index >= 15 is 0 Å². The van der Waals surface area contributed by atoms with Crippen molar-refractivity contribution in [2.45, 2.75) is 27.4 Å². The average Bonchev–Trinajstić information content (AvgIpc) is 2.80. The minimum absolute atomic E-state index is 0.00547. The van der Waals surface area contributed by atoms with Gasteiger partial charge in [0.1, 0.15) is 18.2 Å². The first-order chi connectivity index (χ1) is 15.9. The van der Waals surface area contributed by atoms with Gasteiger partial charge >= 0.3 is 0 Å². The van der Waals surface area contributed by atoms with Crippen molar-refractivity contribution in [1.29, 1.82) is 5.26 Å². The topological polar surface area (TPSA) is 71.3 Å². The van der Waals surface area contributed by atoms with E-state index in [1.54, 1.807) is 24.3 Å². The first-order valence-electron chi connectivity index (χ1n) is 10.5. The lowest BCUT2D eigenvalue weighted by Gasteiger charge is -2.13. The van der Waals surface area contributed by atoms with Crippen molar-refractivity contribution in [1.82, 2.24) is 0 Å². The number of aryl methyl sites for hydroxylation is 2. The number of ether oxygens (including phenoxy) is 2. The first kappa shape index (κ1) is 24.3. The molecule has 0 bridgehead atoms. The molecule has 0 atom stereocenters. The molecule has 0 aliphatic heterocycles. The zero-order valence-electron chi connectivity index (χ0n) is 18.8. The summed E-state index contributed by atoms with van der Waals surface area (Å²) in [6, 6.07) is 21.3. The van der Waals surface area contributed by atoms with E-state index in [0.29, 0.717) is 36.0 Å². The number of rotatable bonds is 8. The molecule has 0 spiro atoms. The van der Waals surface area contributed by atoms with E-state index in [0.717, 1.165) is 20.3 Å². The highest BCUT2D eigenvalue weighted by Gasteiger charge is 2.13. The summed E-state index contributed by atoms with van der Waals surface area (Å²) in [5, 5.41) is 12.4. The highest BCUT2D eigenvalue weighted by atomic mass is 127. The van der Waals surface area contributed by atoms with Gasteiger partial charge in [-0.05, 0) is 102 Å². The largest absolute Gasteiger partial charge is 0.490 e. The van der Waals surface area contributed by atoms with Gasteiger partial charge in [0.05, 0.1) is 6.61 Å². The van der Waals surface area contributed by atoms with Crippen molar-refractivity contribution >= 4 is 40.3 Å². The second kappa shape index (κ2) is 11.5. The lowest BCUT2D eigenvalue weighted by molar-refractivity contribution is -0.112. The van der Waals surface area contributed by atoms with Gasteiger partial charge in [0.25, 0.3) is 5.91 Å². The van der Waals surface area contributed by atoms with Gasteiger partial charge in [-0.3, -0.25) is 4.79 Å². The van der Waals surface area contributed by atoms with Crippen LogP contribution in [-0.2, 0) is 11.4 Å². The fraction of sp³-hybridized carbons (Fsp3) is 0.185. The van der Waals surface area contributed by atoms with Crippen LogP contribution < -0.4 is 14.8 Å². The lowest BCUT2D eigenvalue weighted by atomic mass is 10.1. The highest BCUT2D eigenvalue weighted by molar-refractivity contribution is 14.1. The highest BCUT2D eigenvalue weighted by Crippen LogP contribution is 2.30. The quantitative estimate of drug-likeness (QED) is 0.199. The minimum Gasteiger partial charge on any atom is -0.490 e. The summed E-state index contributed by atoms with van der Waals surface area (Å²) in [6.45, 7) is 6.63. The fourth-order valence-corrected chi connectivity index (χ4v) is 3.48. The number of carbonyl (C=O) groups is 1. The van der Waals surface area contributed by atoms with Crippen molar-refractivity contribution in [3.8, 4) is 17.6 Å². The molecule has 3 aromatic carbocycles. The van der Waals surface area contributed by atoms with Crippen LogP contribution in [0.25, 0.3) is 6.08 Å². The Morgan fingerprint density at radius 2 is 1.79 bits per heavy atom. The molecule has 33 heavy (non-hydrogen) atoms. The van der Waals surface area contributed by atoms with Crippen LogP contribution in [0.2, 0.25) is 0 Å². The smallest absolute Gasteiger partial charge is 0.266 e. The Balaban J connectivity index is 1.79. The maximum Gasteiger partial charge on any atom is 0.266 e. The molecule has 0 radical (unpaired) electrons. The molecule has 0 aliphatic carbocycles. The Labute approximate surface area is 208 Å². The van der Waals surface area contributed by atoms with Gasteiger partial charge in [-0.1, -0.05) is 30.3 Å². The third kappa shape index (κ3) is 6.83. The van der Waals surface area contributed by atoms with Crippen LogP contribution in [0, 0.1) is 28.7 Å². The minimum atomic E-state index is -0.455. The van der Waals surface area contributed by atoms with Gasteiger partial charge in [-0.2, -0.15) is 5.26 Å².